The van der Waals surface area contributed by atoms with E-state index in [9.17, 15) is 8.42 Å². The fourth-order valence-corrected chi connectivity index (χ4v) is 5.68. The Morgan fingerprint density at radius 2 is 2.10 bits per heavy atom. The summed E-state index contributed by atoms with van der Waals surface area (Å²) in [5, 5.41) is 0. The molecule has 0 aliphatic carbocycles. The van der Waals surface area contributed by atoms with E-state index in [0.717, 1.165) is 22.6 Å². The van der Waals surface area contributed by atoms with E-state index >= 15 is 0 Å². The lowest BCUT2D eigenvalue weighted by molar-refractivity contribution is 0.243. The highest BCUT2D eigenvalue weighted by Crippen LogP contribution is 2.30. The fraction of sp³-hybridized carbons (Fsp3) is 0.692. The first-order valence-electron chi connectivity index (χ1n) is 6.65. The van der Waals surface area contributed by atoms with Crippen LogP contribution in [-0.4, -0.2) is 31.9 Å². The molecule has 2 unspecified atom stereocenters. The van der Waals surface area contributed by atoms with Crippen LogP contribution >= 0.6 is 23.7 Å². The van der Waals surface area contributed by atoms with E-state index in [1.165, 1.54) is 11.3 Å². The summed E-state index contributed by atoms with van der Waals surface area (Å²) in [6.07, 6.45) is 1.92. The summed E-state index contributed by atoms with van der Waals surface area (Å²) < 4.78 is 27.0. The maximum atomic E-state index is 12.7. The molecule has 2 N–H and O–H groups in total. The molecule has 2 rings (SSSR count). The van der Waals surface area contributed by atoms with Gasteiger partial charge in [-0.1, -0.05) is 0 Å². The van der Waals surface area contributed by atoms with Gasteiger partial charge in [0.25, 0.3) is 0 Å². The standard InChI is InChI=1S/C13H22N2O2S2.ClH/c1-9-7-13(11(3)18-9)19(16,17)15-6-4-5-12(8-15)10(2)14;/h7,10,12H,4-6,8,14H2,1-3H3;1H. The van der Waals surface area contributed by atoms with Gasteiger partial charge in [-0.05, 0) is 45.6 Å². The van der Waals surface area contributed by atoms with Gasteiger partial charge in [0.2, 0.25) is 10.0 Å². The molecule has 0 aromatic carbocycles. The average molecular weight is 339 g/mol. The van der Waals surface area contributed by atoms with Crippen LogP contribution in [0, 0.1) is 19.8 Å². The summed E-state index contributed by atoms with van der Waals surface area (Å²) in [5.41, 5.74) is 5.93. The van der Waals surface area contributed by atoms with Crippen LogP contribution in [0.4, 0.5) is 0 Å². The van der Waals surface area contributed by atoms with Crippen molar-refractivity contribution in [3.63, 3.8) is 0 Å². The highest BCUT2D eigenvalue weighted by atomic mass is 35.5. The molecular formula is C13H23ClN2O2S2. The minimum Gasteiger partial charge on any atom is -0.328 e. The van der Waals surface area contributed by atoms with E-state index in [0.29, 0.717) is 18.0 Å². The molecule has 116 valence electrons. The average Bonchev–Trinajstić information content (AvgIpc) is 2.69. The molecule has 0 bridgehead atoms. The Kier molecular flexibility index (Phi) is 6.04. The molecule has 1 aliphatic heterocycles. The predicted octanol–water partition coefficient (Wildman–Crippen LogP) is 2.53. The maximum Gasteiger partial charge on any atom is 0.244 e. The van der Waals surface area contributed by atoms with Crippen LogP contribution < -0.4 is 5.73 Å². The third-order valence-corrected chi connectivity index (χ3v) is 6.86. The topological polar surface area (TPSA) is 63.4 Å². The zero-order valence-corrected chi connectivity index (χ0v) is 14.6. The van der Waals surface area contributed by atoms with Gasteiger partial charge < -0.3 is 5.73 Å². The molecule has 0 radical (unpaired) electrons. The number of sulfonamides is 1. The summed E-state index contributed by atoms with van der Waals surface area (Å²) in [7, 11) is -3.35. The van der Waals surface area contributed by atoms with Crippen LogP contribution in [0.3, 0.4) is 0 Å². The molecule has 2 atom stereocenters. The Morgan fingerprint density at radius 3 is 2.60 bits per heavy atom. The third kappa shape index (κ3) is 3.54. The Morgan fingerprint density at radius 1 is 1.45 bits per heavy atom. The van der Waals surface area contributed by atoms with Gasteiger partial charge in [-0.25, -0.2) is 8.42 Å². The molecule has 1 aromatic heterocycles. The summed E-state index contributed by atoms with van der Waals surface area (Å²) >= 11 is 1.54. The highest BCUT2D eigenvalue weighted by molar-refractivity contribution is 7.89. The first-order chi connectivity index (χ1) is 8.82. The second-order valence-electron chi connectivity index (χ2n) is 5.40. The molecule has 0 saturated carbocycles. The van der Waals surface area contributed by atoms with E-state index in [4.69, 9.17) is 5.73 Å². The lowest BCUT2D eigenvalue weighted by atomic mass is 9.93. The van der Waals surface area contributed by atoms with E-state index in [2.05, 4.69) is 0 Å². The van der Waals surface area contributed by atoms with Crippen molar-refractivity contribution in [3.8, 4) is 0 Å². The number of nitrogens with two attached hydrogens (primary N) is 1. The van der Waals surface area contributed by atoms with Crippen molar-refractivity contribution in [2.24, 2.45) is 11.7 Å². The second-order valence-corrected chi connectivity index (χ2v) is 8.77. The maximum absolute atomic E-state index is 12.7. The van der Waals surface area contributed by atoms with E-state index in [1.54, 1.807) is 10.4 Å². The zero-order chi connectivity index (χ0) is 14.2. The van der Waals surface area contributed by atoms with Crippen molar-refractivity contribution in [3.05, 3.63) is 15.8 Å². The Balaban J connectivity index is 0.00000200. The zero-order valence-electron chi connectivity index (χ0n) is 12.1. The third-order valence-electron chi connectivity index (χ3n) is 3.78. The number of thiophene rings is 1. The molecule has 7 heteroatoms. The summed E-state index contributed by atoms with van der Waals surface area (Å²) in [6, 6.07) is 1.83. The first-order valence-corrected chi connectivity index (χ1v) is 8.91. The first kappa shape index (κ1) is 17.9. The Hall–Kier alpha value is -0.140. The second kappa shape index (κ2) is 6.75. The molecule has 1 fully saturated rings. The van der Waals surface area contributed by atoms with Crippen molar-refractivity contribution in [1.29, 1.82) is 0 Å². The highest BCUT2D eigenvalue weighted by Gasteiger charge is 2.32. The summed E-state index contributed by atoms with van der Waals surface area (Å²) in [4.78, 5) is 2.39. The van der Waals surface area contributed by atoms with Crippen LogP contribution in [0.5, 0.6) is 0 Å². The Labute approximate surface area is 131 Å². The van der Waals surface area contributed by atoms with E-state index in [1.807, 2.05) is 20.8 Å². The van der Waals surface area contributed by atoms with Crippen LogP contribution in [0.1, 0.15) is 29.5 Å². The van der Waals surface area contributed by atoms with Crippen LogP contribution in [0.15, 0.2) is 11.0 Å². The van der Waals surface area contributed by atoms with E-state index < -0.39 is 10.0 Å². The van der Waals surface area contributed by atoms with Gasteiger partial charge in [0.15, 0.2) is 0 Å². The van der Waals surface area contributed by atoms with Crippen LogP contribution in [-0.2, 0) is 10.0 Å². The summed E-state index contributed by atoms with van der Waals surface area (Å²) in [5.74, 6) is 0.267. The number of hydrogen-bond donors (Lipinski definition) is 1. The monoisotopic (exact) mass is 338 g/mol. The molecule has 4 nitrogen and oxygen atoms in total. The van der Waals surface area contributed by atoms with Gasteiger partial charge >= 0.3 is 0 Å². The molecule has 1 saturated heterocycles. The predicted molar refractivity (Wildman–Crippen MR) is 86.2 cm³/mol. The quantitative estimate of drug-likeness (QED) is 0.921. The smallest absolute Gasteiger partial charge is 0.244 e. The minimum atomic E-state index is -3.35. The van der Waals surface area contributed by atoms with Crippen molar-refractivity contribution < 1.29 is 8.42 Å². The van der Waals surface area contributed by atoms with Gasteiger partial charge in [0, 0.05) is 28.9 Å². The van der Waals surface area contributed by atoms with E-state index in [-0.39, 0.29) is 24.4 Å². The van der Waals surface area contributed by atoms with Crippen molar-refractivity contribution in [2.75, 3.05) is 13.1 Å². The van der Waals surface area contributed by atoms with Gasteiger partial charge in [-0.2, -0.15) is 4.31 Å². The molecule has 2 heterocycles. The number of nitrogens with zero attached hydrogens (tertiary/aromatic N) is 1. The fourth-order valence-electron chi connectivity index (χ4n) is 2.62. The Bertz CT molecular complexity index is 555. The molecule has 0 spiro atoms. The van der Waals surface area contributed by atoms with Gasteiger partial charge in [0.1, 0.15) is 0 Å². The van der Waals surface area contributed by atoms with Crippen LogP contribution in [0.2, 0.25) is 0 Å². The van der Waals surface area contributed by atoms with Gasteiger partial charge in [-0.3, -0.25) is 0 Å². The van der Waals surface area contributed by atoms with Gasteiger partial charge in [0.05, 0.1) is 4.90 Å². The van der Waals surface area contributed by atoms with Crippen molar-refractivity contribution in [1.82, 2.24) is 4.31 Å². The van der Waals surface area contributed by atoms with Gasteiger partial charge in [-0.15, -0.1) is 23.7 Å². The molecule has 1 aliphatic rings. The molecular weight excluding hydrogens is 316 g/mol. The lowest BCUT2D eigenvalue weighted by Crippen LogP contribution is -2.44. The number of halogens is 1. The normalized spacial score (nSPS) is 22.3. The summed E-state index contributed by atoms with van der Waals surface area (Å²) in [6.45, 7) is 6.93. The SMILES string of the molecule is Cc1cc(S(=O)(=O)N2CCCC(C(C)N)C2)c(C)s1.Cl. The van der Waals surface area contributed by atoms with Crippen molar-refractivity contribution in [2.45, 2.75) is 44.6 Å². The number of piperidine rings is 1. The number of rotatable bonds is 3. The molecule has 20 heavy (non-hydrogen) atoms. The lowest BCUT2D eigenvalue weighted by Gasteiger charge is -2.33. The molecule has 1 aromatic rings. The van der Waals surface area contributed by atoms with Crippen LogP contribution in [0.25, 0.3) is 0 Å². The van der Waals surface area contributed by atoms with Crippen molar-refractivity contribution >= 4 is 33.8 Å². The number of hydrogen-bond acceptors (Lipinski definition) is 4. The minimum absolute atomic E-state index is 0. The number of aryl methyl sites for hydroxylation is 2. The molecule has 0 amide bonds. The largest absolute Gasteiger partial charge is 0.328 e.